The monoisotopic (exact) mass is 217 g/mol. The molecule has 0 spiro atoms. The summed E-state index contributed by atoms with van der Waals surface area (Å²) in [5.41, 5.74) is 1.87. The Balaban J connectivity index is 2.68. The molecule has 0 aliphatic rings. The van der Waals surface area contributed by atoms with Gasteiger partial charge in [0, 0.05) is 31.8 Å². The SMILES string of the molecule is C=CCCCC(=O)c1cccc(N(C)C)c1. The molecule has 1 aromatic rings. The van der Waals surface area contributed by atoms with Gasteiger partial charge >= 0.3 is 0 Å². The Labute approximate surface area is 97.6 Å². The molecule has 0 bridgehead atoms. The van der Waals surface area contributed by atoms with Crippen LogP contribution < -0.4 is 4.90 Å². The quantitative estimate of drug-likeness (QED) is 0.414. The largest absolute Gasteiger partial charge is 0.378 e. The topological polar surface area (TPSA) is 20.3 Å². The number of hydrogen-bond donors (Lipinski definition) is 0. The van der Waals surface area contributed by atoms with Crippen molar-refractivity contribution in [2.75, 3.05) is 19.0 Å². The summed E-state index contributed by atoms with van der Waals surface area (Å²) < 4.78 is 0. The Morgan fingerprint density at radius 1 is 1.44 bits per heavy atom. The van der Waals surface area contributed by atoms with Crippen LogP contribution in [0.3, 0.4) is 0 Å². The van der Waals surface area contributed by atoms with Crippen molar-refractivity contribution in [3.63, 3.8) is 0 Å². The summed E-state index contributed by atoms with van der Waals surface area (Å²) in [6.07, 6.45) is 4.24. The number of benzene rings is 1. The number of hydrogen-bond acceptors (Lipinski definition) is 2. The van der Waals surface area contributed by atoms with Gasteiger partial charge in [-0.3, -0.25) is 4.79 Å². The fourth-order valence-corrected chi connectivity index (χ4v) is 1.51. The Morgan fingerprint density at radius 2 is 2.19 bits per heavy atom. The number of ketones is 1. The maximum Gasteiger partial charge on any atom is 0.162 e. The lowest BCUT2D eigenvalue weighted by Gasteiger charge is -2.13. The van der Waals surface area contributed by atoms with Gasteiger partial charge in [0.1, 0.15) is 0 Å². The van der Waals surface area contributed by atoms with Gasteiger partial charge < -0.3 is 4.90 Å². The first-order chi connectivity index (χ1) is 7.65. The third-order valence-electron chi connectivity index (χ3n) is 2.50. The van der Waals surface area contributed by atoms with Gasteiger partial charge in [0.2, 0.25) is 0 Å². The second kappa shape index (κ2) is 6.11. The minimum absolute atomic E-state index is 0.213. The van der Waals surface area contributed by atoms with Gasteiger partial charge in [-0.05, 0) is 25.0 Å². The van der Waals surface area contributed by atoms with E-state index in [1.807, 2.05) is 49.3 Å². The Kier molecular flexibility index (Phi) is 4.77. The lowest BCUT2D eigenvalue weighted by Crippen LogP contribution is -2.09. The molecule has 0 atom stereocenters. The summed E-state index contributed by atoms with van der Waals surface area (Å²) in [5, 5.41) is 0. The van der Waals surface area contributed by atoms with Crippen molar-refractivity contribution in [3.8, 4) is 0 Å². The van der Waals surface area contributed by atoms with Crippen LogP contribution in [0.4, 0.5) is 5.69 Å². The molecule has 0 aromatic heterocycles. The predicted octanol–water partition coefficient (Wildman–Crippen LogP) is 3.29. The number of allylic oxidation sites excluding steroid dienone is 1. The van der Waals surface area contributed by atoms with Crippen LogP contribution in [-0.4, -0.2) is 19.9 Å². The molecule has 1 aromatic carbocycles. The molecule has 0 radical (unpaired) electrons. The van der Waals surface area contributed by atoms with Crippen molar-refractivity contribution in [1.29, 1.82) is 0 Å². The molecule has 0 saturated heterocycles. The fourth-order valence-electron chi connectivity index (χ4n) is 1.51. The standard InChI is InChI=1S/C14H19NO/c1-4-5-6-10-14(16)12-8-7-9-13(11-12)15(2)3/h4,7-9,11H,1,5-6,10H2,2-3H3. The highest BCUT2D eigenvalue weighted by molar-refractivity contribution is 5.96. The van der Waals surface area contributed by atoms with Gasteiger partial charge in [0.15, 0.2) is 5.78 Å². The first-order valence-electron chi connectivity index (χ1n) is 5.56. The Morgan fingerprint density at radius 3 is 2.81 bits per heavy atom. The third kappa shape index (κ3) is 3.54. The van der Waals surface area contributed by atoms with E-state index in [4.69, 9.17) is 0 Å². The number of Topliss-reactive ketones (excluding diaryl/α,β-unsaturated/α-hetero) is 1. The average molecular weight is 217 g/mol. The molecule has 0 heterocycles. The number of carbonyl (C=O) groups is 1. The fraction of sp³-hybridized carbons (Fsp3) is 0.357. The molecule has 2 heteroatoms. The molecule has 86 valence electrons. The zero-order valence-corrected chi connectivity index (χ0v) is 10.1. The normalized spacial score (nSPS) is 9.88. The molecule has 0 fully saturated rings. The second-order valence-corrected chi connectivity index (χ2v) is 4.05. The van der Waals surface area contributed by atoms with Gasteiger partial charge in [-0.25, -0.2) is 0 Å². The summed E-state index contributed by atoms with van der Waals surface area (Å²) in [4.78, 5) is 13.8. The molecule has 2 nitrogen and oxygen atoms in total. The van der Waals surface area contributed by atoms with E-state index in [2.05, 4.69) is 6.58 Å². The summed E-state index contributed by atoms with van der Waals surface area (Å²) >= 11 is 0. The Hall–Kier alpha value is -1.57. The van der Waals surface area contributed by atoms with Gasteiger partial charge in [-0.15, -0.1) is 6.58 Å². The van der Waals surface area contributed by atoms with Crippen molar-refractivity contribution < 1.29 is 4.79 Å². The van der Waals surface area contributed by atoms with Crippen molar-refractivity contribution in [1.82, 2.24) is 0 Å². The van der Waals surface area contributed by atoms with Crippen LogP contribution in [0.1, 0.15) is 29.6 Å². The predicted molar refractivity (Wildman–Crippen MR) is 69.1 cm³/mol. The zero-order valence-electron chi connectivity index (χ0n) is 10.1. The molecular weight excluding hydrogens is 198 g/mol. The van der Waals surface area contributed by atoms with E-state index in [1.54, 1.807) is 0 Å². The molecule has 16 heavy (non-hydrogen) atoms. The lowest BCUT2D eigenvalue weighted by molar-refractivity contribution is 0.0980. The van der Waals surface area contributed by atoms with Gasteiger partial charge in [0.05, 0.1) is 0 Å². The van der Waals surface area contributed by atoms with Crippen molar-refractivity contribution in [2.45, 2.75) is 19.3 Å². The zero-order chi connectivity index (χ0) is 12.0. The van der Waals surface area contributed by atoms with E-state index >= 15 is 0 Å². The molecule has 1 rings (SSSR count). The van der Waals surface area contributed by atoms with Crippen molar-refractivity contribution in [3.05, 3.63) is 42.5 Å². The summed E-state index contributed by atoms with van der Waals surface area (Å²) in [5.74, 6) is 0.213. The van der Waals surface area contributed by atoms with Crippen molar-refractivity contribution >= 4 is 11.5 Å². The molecule has 0 aliphatic heterocycles. The first-order valence-corrected chi connectivity index (χ1v) is 5.56. The summed E-state index contributed by atoms with van der Waals surface area (Å²) in [6.45, 7) is 3.65. The smallest absolute Gasteiger partial charge is 0.162 e. The molecule has 0 unspecified atom stereocenters. The van der Waals surface area contributed by atoms with E-state index in [9.17, 15) is 4.79 Å². The van der Waals surface area contributed by atoms with Crippen LogP contribution in [0, 0.1) is 0 Å². The van der Waals surface area contributed by atoms with Crippen LogP contribution >= 0.6 is 0 Å². The number of unbranched alkanes of at least 4 members (excludes halogenated alkanes) is 1. The summed E-state index contributed by atoms with van der Waals surface area (Å²) in [6, 6.07) is 7.75. The highest BCUT2D eigenvalue weighted by atomic mass is 16.1. The minimum Gasteiger partial charge on any atom is -0.378 e. The highest BCUT2D eigenvalue weighted by Crippen LogP contribution is 2.15. The number of carbonyl (C=O) groups excluding carboxylic acids is 1. The van der Waals surface area contributed by atoms with Crippen LogP contribution in [0.5, 0.6) is 0 Å². The van der Waals surface area contributed by atoms with E-state index in [0.717, 1.165) is 24.1 Å². The second-order valence-electron chi connectivity index (χ2n) is 4.05. The van der Waals surface area contributed by atoms with Gasteiger partial charge in [-0.2, -0.15) is 0 Å². The van der Waals surface area contributed by atoms with E-state index < -0.39 is 0 Å². The first kappa shape index (κ1) is 12.5. The lowest BCUT2D eigenvalue weighted by atomic mass is 10.0. The number of rotatable bonds is 6. The van der Waals surface area contributed by atoms with E-state index in [-0.39, 0.29) is 5.78 Å². The maximum absolute atomic E-state index is 11.8. The van der Waals surface area contributed by atoms with Gasteiger partial charge in [-0.1, -0.05) is 18.2 Å². The summed E-state index contributed by atoms with van der Waals surface area (Å²) in [7, 11) is 3.95. The van der Waals surface area contributed by atoms with E-state index in [0.29, 0.717) is 6.42 Å². The van der Waals surface area contributed by atoms with E-state index in [1.165, 1.54) is 0 Å². The Bertz CT molecular complexity index is 369. The molecule has 0 saturated carbocycles. The average Bonchev–Trinajstić information content (AvgIpc) is 2.29. The molecular formula is C14H19NO. The van der Waals surface area contributed by atoms with Crippen LogP contribution in [-0.2, 0) is 0 Å². The number of nitrogens with zero attached hydrogens (tertiary/aromatic N) is 1. The van der Waals surface area contributed by atoms with Crippen LogP contribution in [0.25, 0.3) is 0 Å². The highest BCUT2D eigenvalue weighted by Gasteiger charge is 2.06. The third-order valence-corrected chi connectivity index (χ3v) is 2.50. The number of anilines is 1. The van der Waals surface area contributed by atoms with Crippen molar-refractivity contribution in [2.24, 2.45) is 0 Å². The van der Waals surface area contributed by atoms with Crippen LogP contribution in [0.2, 0.25) is 0 Å². The molecule has 0 N–H and O–H groups in total. The molecule has 0 aliphatic carbocycles. The van der Waals surface area contributed by atoms with Crippen LogP contribution in [0.15, 0.2) is 36.9 Å². The van der Waals surface area contributed by atoms with Gasteiger partial charge in [0.25, 0.3) is 0 Å². The maximum atomic E-state index is 11.8. The molecule has 0 amide bonds. The minimum atomic E-state index is 0.213.